The lowest BCUT2D eigenvalue weighted by Crippen LogP contribution is -2.36. The summed E-state index contributed by atoms with van der Waals surface area (Å²) in [5, 5.41) is 12.4. The maximum atomic E-state index is 12.7. The minimum Gasteiger partial charge on any atom is -0.473 e. The van der Waals surface area contributed by atoms with Gasteiger partial charge in [-0.3, -0.25) is 4.90 Å². The lowest BCUT2D eigenvalue weighted by Gasteiger charge is -2.28. The Morgan fingerprint density at radius 1 is 1.22 bits per heavy atom. The molecule has 2 fully saturated rings. The molecule has 0 aliphatic carbocycles. The highest BCUT2D eigenvalue weighted by molar-refractivity contribution is 5.74. The van der Waals surface area contributed by atoms with E-state index < -0.39 is 12.6 Å². The molecule has 2 aliphatic heterocycles. The molecule has 0 unspecified atom stereocenters. The van der Waals surface area contributed by atoms with E-state index in [-0.39, 0.29) is 18.4 Å². The number of ether oxygens (including phenoxy) is 2. The summed E-state index contributed by atoms with van der Waals surface area (Å²) in [6.45, 7) is 8.20. The number of anilines is 2. The van der Waals surface area contributed by atoms with E-state index >= 15 is 0 Å². The van der Waals surface area contributed by atoms with E-state index in [4.69, 9.17) is 19.7 Å². The molecule has 1 N–H and O–H groups in total. The third-order valence-corrected chi connectivity index (χ3v) is 6.77. The number of aryl methyl sites for hydroxylation is 1. The predicted octanol–water partition coefficient (Wildman–Crippen LogP) is 5.22. The zero-order valence-electron chi connectivity index (χ0n) is 21.4. The number of aromatic nitrogens is 1. The fourth-order valence-corrected chi connectivity index (χ4v) is 4.83. The van der Waals surface area contributed by atoms with Crippen LogP contribution in [0.5, 0.6) is 5.88 Å². The largest absolute Gasteiger partial charge is 0.473 e. The molecule has 37 heavy (non-hydrogen) atoms. The topological polar surface area (TPSA) is 73.7 Å². The van der Waals surface area contributed by atoms with Crippen LogP contribution < -0.4 is 15.0 Å². The van der Waals surface area contributed by atoms with Crippen LogP contribution in [-0.2, 0) is 4.74 Å². The second-order valence-electron chi connectivity index (χ2n) is 9.86. The van der Waals surface area contributed by atoms with Gasteiger partial charge in [0.1, 0.15) is 11.9 Å². The molecular formula is C27H34F3N5O2. The van der Waals surface area contributed by atoms with Crippen LogP contribution in [-0.4, -0.2) is 68.2 Å². The van der Waals surface area contributed by atoms with Crippen molar-refractivity contribution < 1.29 is 22.6 Å². The second-order valence-corrected chi connectivity index (χ2v) is 9.86. The molecule has 0 saturated carbocycles. The van der Waals surface area contributed by atoms with Gasteiger partial charge in [0.25, 0.3) is 0 Å². The standard InChI is InChI=1S/C27H34F3N5O2/c1-19-3-4-23(32-18-34-8-6-21(17-34)16-27(28,29)30)15-24(19)22-13-25(35-9-11-36-12-10-35)33-26(14-22)37-20(2)5-7-31/h3-4,13-15,20-21,32H,5-6,8-12,16-18H2,1-2H3/t20-,21+/m1/s1. The molecule has 10 heteroatoms. The number of likely N-dealkylation sites (tertiary alicyclic amines) is 1. The van der Waals surface area contributed by atoms with Crippen molar-refractivity contribution in [1.29, 1.82) is 5.26 Å². The summed E-state index contributed by atoms with van der Waals surface area (Å²) in [6, 6.07) is 12.1. The van der Waals surface area contributed by atoms with Crippen LogP contribution in [0.25, 0.3) is 11.1 Å². The van der Waals surface area contributed by atoms with E-state index in [1.54, 1.807) is 0 Å². The van der Waals surface area contributed by atoms with E-state index in [0.717, 1.165) is 41.3 Å². The van der Waals surface area contributed by atoms with Gasteiger partial charge in [-0.2, -0.15) is 23.4 Å². The van der Waals surface area contributed by atoms with Crippen LogP contribution in [0.1, 0.15) is 31.7 Å². The van der Waals surface area contributed by atoms with Gasteiger partial charge in [-0.1, -0.05) is 6.07 Å². The molecule has 4 rings (SSSR count). The third-order valence-electron chi connectivity index (χ3n) is 6.77. The molecule has 1 aromatic heterocycles. The molecule has 0 spiro atoms. The van der Waals surface area contributed by atoms with Gasteiger partial charge in [0, 0.05) is 44.4 Å². The van der Waals surface area contributed by atoms with Crippen molar-refractivity contribution in [2.24, 2.45) is 5.92 Å². The average molecular weight is 518 g/mol. The van der Waals surface area contributed by atoms with Gasteiger partial charge in [0.15, 0.2) is 0 Å². The maximum Gasteiger partial charge on any atom is 0.389 e. The van der Waals surface area contributed by atoms with Crippen LogP contribution >= 0.6 is 0 Å². The van der Waals surface area contributed by atoms with Gasteiger partial charge in [-0.25, -0.2) is 0 Å². The predicted molar refractivity (Wildman–Crippen MR) is 137 cm³/mol. The fraction of sp³-hybridized carbons (Fsp3) is 0.556. The van der Waals surface area contributed by atoms with Gasteiger partial charge in [0.05, 0.1) is 32.4 Å². The van der Waals surface area contributed by atoms with Crippen molar-refractivity contribution in [2.45, 2.75) is 45.4 Å². The molecule has 0 radical (unpaired) electrons. The Kier molecular flexibility index (Phi) is 8.77. The molecule has 0 bridgehead atoms. The first kappa shape index (κ1) is 27.0. The SMILES string of the molecule is Cc1ccc(NCN2CC[C@@H](CC(F)(F)F)C2)cc1-c1cc(O[C@H](C)CC#N)nc(N2CCOCC2)c1. The highest BCUT2D eigenvalue weighted by Gasteiger charge is 2.35. The van der Waals surface area contributed by atoms with E-state index in [9.17, 15) is 13.2 Å². The molecular weight excluding hydrogens is 483 g/mol. The average Bonchev–Trinajstić information content (AvgIpc) is 3.29. The smallest absolute Gasteiger partial charge is 0.389 e. The minimum absolute atomic E-state index is 0.261. The van der Waals surface area contributed by atoms with Crippen LogP contribution in [0.3, 0.4) is 0 Å². The monoisotopic (exact) mass is 517 g/mol. The zero-order valence-corrected chi connectivity index (χ0v) is 21.4. The van der Waals surface area contributed by atoms with Crippen molar-refractivity contribution in [1.82, 2.24) is 9.88 Å². The summed E-state index contributed by atoms with van der Waals surface area (Å²) < 4.78 is 49.7. The van der Waals surface area contributed by atoms with Gasteiger partial charge >= 0.3 is 6.18 Å². The Hall–Kier alpha value is -3.03. The lowest BCUT2D eigenvalue weighted by atomic mass is 10.00. The van der Waals surface area contributed by atoms with Crippen molar-refractivity contribution in [3.8, 4) is 23.1 Å². The Labute approximate surface area is 216 Å². The number of halogens is 3. The number of pyridine rings is 1. The maximum absolute atomic E-state index is 12.7. The number of hydrogen-bond acceptors (Lipinski definition) is 7. The summed E-state index contributed by atoms with van der Waals surface area (Å²) in [6.07, 6.45) is -4.30. The second kappa shape index (κ2) is 12.0. The lowest BCUT2D eigenvalue weighted by molar-refractivity contribution is -0.143. The normalized spacial score (nSPS) is 19.5. The van der Waals surface area contributed by atoms with Crippen molar-refractivity contribution in [2.75, 3.05) is 56.3 Å². The van der Waals surface area contributed by atoms with Gasteiger partial charge in [0.2, 0.25) is 5.88 Å². The van der Waals surface area contributed by atoms with Crippen molar-refractivity contribution >= 4 is 11.5 Å². The summed E-state index contributed by atoms with van der Waals surface area (Å²) in [7, 11) is 0. The first-order valence-corrected chi connectivity index (χ1v) is 12.7. The third kappa shape index (κ3) is 7.73. The zero-order chi connectivity index (χ0) is 26.4. The summed E-state index contributed by atoms with van der Waals surface area (Å²) in [5.41, 5.74) is 3.93. The Morgan fingerprint density at radius 2 is 2.00 bits per heavy atom. The molecule has 3 heterocycles. The number of rotatable bonds is 9. The van der Waals surface area contributed by atoms with E-state index in [2.05, 4.69) is 22.4 Å². The Balaban J connectivity index is 1.52. The number of hydrogen-bond donors (Lipinski definition) is 1. The number of benzene rings is 1. The molecule has 1 aromatic carbocycles. The summed E-state index contributed by atoms with van der Waals surface area (Å²) in [4.78, 5) is 8.91. The number of nitrogens with zero attached hydrogens (tertiary/aromatic N) is 4. The van der Waals surface area contributed by atoms with Gasteiger partial charge < -0.3 is 19.7 Å². The Morgan fingerprint density at radius 3 is 2.73 bits per heavy atom. The molecule has 7 nitrogen and oxygen atoms in total. The first-order chi connectivity index (χ1) is 17.7. The van der Waals surface area contributed by atoms with Crippen molar-refractivity contribution in [3.05, 3.63) is 35.9 Å². The van der Waals surface area contributed by atoms with Crippen LogP contribution in [0.15, 0.2) is 30.3 Å². The van der Waals surface area contributed by atoms with Crippen molar-refractivity contribution in [3.63, 3.8) is 0 Å². The molecule has 2 atom stereocenters. The summed E-state index contributed by atoms with van der Waals surface area (Å²) >= 11 is 0. The van der Waals surface area contributed by atoms with Crippen LogP contribution in [0.2, 0.25) is 0 Å². The van der Waals surface area contributed by atoms with Crippen LogP contribution in [0, 0.1) is 24.2 Å². The number of morpholine rings is 1. The van der Waals surface area contributed by atoms with E-state index in [0.29, 0.717) is 45.3 Å². The number of nitriles is 1. The van der Waals surface area contributed by atoms with E-state index in [1.165, 1.54) is 0 Å². The highest BCUT2D eigenvalue weighted by Crippen LogP contribution is 2.33. The van der Waals surface area contributed by atoms with E-state index in [1.807, 2.05) is 43.0 Å². The van der Waals surface area contributed by atoms with Crippen LogP contribution in [0.4, 0.5) is 24.7 Å². The number of alkyl halides is 3. The quantitative estimate of drug-likeness (QED) is 0.489. The fourth-order valence-electron chi connectivity index (χ4n) is 4.83. The highest BCUT2D eigenvalue weighted by atomic mass is 19.4. The molecule has 0 amide bonds. The molecule has 2 saturated heterocycles. The number of nitrogens with one attached hydrogen (secondary N) is 1. The summed E-state index contributed by atoms with van der Waals surface area (Å²) in [5.74, 6) is 0.922. The molecule has 2 aliphatic rings. The van der Waals surface area contributed by atoms with Gasteiger partial charge in [-0.05, 0) is 61.1 Å². The minimum atomic E-state index is -4.11. The molecule has 200 valence electrons. The first-order valence-electron chi connectivity index (χ1n) is 12.7. The van der Waals surface area contributed by atoms with Gasteiger partial charge in [-0.15, -0.1) is 0 Å². The Bertz CT molecular complexity index is 1100. The molecule has 2 aromatic rings.